The third kappa shape index (κ3) is 11.8. The standard InChI is InChI=1S/Cl2.S2/c2*1-2. The maximum Gasteiger partial charge on any atom is 0 e. The fraction of sp³-hybridized carbons (Fsp3) is 0. The molecule has 0 radical (unpaired) electrons. The molecule has 0 unspecified atom stereocenters. The molecule has 0 aromatic rings. The molecular formula is Cl2S2. The van der Waals surface area contributed by atoms with Crippen molar-refractivity contribution < 1.29 is 0 Å². The van der Waals surface area contributed by atoms with Crippen LogP contribution in [0.1, 0.15) is 0 Å². The summed E-state index contributed by atoms with van der Waals surface area (Å²) >= 11 is 7.33. The van der Waals surface area contributed by atoms with Crippen molar-refractivity contribution >= 4 is 44.1 Å². The highest BCUT2D eigenvalue weighted by Crippen LogP contribution is 1.69. The molecule has 26 valence electrons. The molecule has 0 aliphatic heterocycles. The second-order valence-electron chi connectivity index (χ2n) is 0. The van der Waals surface area contributed by atoms with Gasteiger partial charge in [0.1, 0.15) is 0 Å². The Kier molecular flexibility index (Phi) is 78.4. The minimum absolute atomic E-state index is 3.67. The number of halogens is 2. The minimum Gasteiger partial charge on any atom is 0 e. The molecule has 0 aliphatic rings. The van der Waals surface area contributed by atoms with Crippen molar-refractivity contribution in [3.05, 3.63) is 0 Å². The number of rotatable bonds is 0. The molecule has 0 heterocycles. The summed E-state index contributed by atoms with van der Waals surface area (Å²) in [5, 5.41) is 0. The molecule has 0 rings (SSSR count). The van der Waals surface area contributed by atoms with Gasteiger partial charge in [-0.25, -0.2) is 0 Å². The van der Waals surface area contributed by atoms with Crippen LogP contribution in [-0.2, 0) is 22.4 Å². The second kappa shape index (κ2) is 35.2. The quantitative estimate of drug-likeness (QED) is 0.492. The van der Waals surface area contributed by atoms with E-state index in [1.807, 2.05) is 0 Å². The van der Waals surface area contributed by atoms with E-state index in [0.717, 1.165) is 0 Å². The lowest BCUT2D eigenvalue weighted by molar-refractivity contribution is 4.85. The van der Waals surface area contributed by atoms with Crippen LogP contribution in [-0.4, -0.2) is 0 Å². The van der Waals surface area contributed by atoms with E-state index >= 15 is 0 Å². The molecule has 0 nitrogen and oxygen atoms in total. The van der Waals surface area contributed by atoms with Gasteiger partial charge < -0.3 is 0 Å². The van der Waals surface area contributed by atoms with Crippen LogP contribution in [0.3, 0.4) is 0 Å². The molecule has 0 aromatic carbocycles. The Balaban J connectivity index is 0. The summed E-state index contributed by atoms with van der Waals surface area (Å²) < 4.78 is 0. The SMILES string of the molecule is ClCl.S=S. The summed E-state index contributed by atoms with van der Waals surface area (Å²) in [6.07, 6.45) is 0. The second-order valence-corrected chi connectivity index (χ2v) is 0. The van der Waals surface area contributed by atoms with Crippen molar-refractivity contribution in [2.45, 2.75) is 0 Å². The lowest BCUT2D eigenvalue weighted by atomic mass is 31.4. The fourth-order valence-corrected chi connectivity index (χ4v) is 0. The third-order valence-corrected chi connectivity index (χ3v) is 0. The van der Waals surface area contributed by atoms with E-state index in [0.29, 0.717) is 0 Å². The molecule has 4 heteroatoms. The molecule has 0 saturated carbocycles. The van der Waals surface area contributed by atoms with E-state index in [1.165, 1.54) is 0 Å². The molecule has 0 amide bonds. The zero-order chi connectivity index (χ0) is 4.00. The zero-order valence-corrected chi connectivity index (χ0v) is 4.72. The highest BCUT2D eigenvalue weighted by Gasteiger charge is 1.00. The smallest absolute Gasteiger partial charge is 0 e. The minimum atomic E-state index is 3.67. The first-order chi connectivity index (χ1) is 2.00. The summed E-state index contributed by atoms with van der Waals surface area (Å²) in [6.45, 7) is 0. The Morgan fingerprint density at radius 2 is 1.00 bits per heavy atom. The molecule has 0 bridgehead atoms. The van der Waals surface area contributed by atoms with Crippen molar-refractivity contribution in [2.75, 3.05) is 0 Å². The van der Waals surface area contributed by atoms with Gasteiger partial charge in [-0.2, -0.15) is 0 Å². The van der Waals surface area contributed by atoms with E-state index in [-0.39, 0.29) is 0 Å². The first-order valence-electron chi connectivity index (χ1n) is 0.310. The van der Waals surface area contributed by atoms with Gasteiger partial charge in [-0.1, -0.05) is 0 Å². The third-order valence-electron chi connectivity index (χ3n) is 0. The Hall–Kier alpha value is 1.02. The van der Waals surface area contributed by atoms with Gasteiger partial charge in [0.05, 0.1) is 0 Å². The van der Waals surface area contributed by atoms with Gasteiger partial charge in [-0.05, 0) is 0 Å². The molecule has 0 spiro atoms. The van der Waals surface area contributed by atoms with Gasteiger partial charge in [0.25, 0.3) is 0 Å². The van der Waals surface area contributed by atoms with Crippen molar-refractivity contribution in [1.29, 1.82) is 0 Å². The molecule has 0 fully saturated rings. The van der Waals surface area contributed by atoms with Crippen LogP contribution < -0.4 is 0 Å². The van der Waals surface area contributed by atoms with Gasteiger partial charge in [-0.3, -0.25) is 0 Å². The average Bonchev–Trinajstić information content (AvgIpc) is 1.50. The topological polar surface area (TPSA) is 0 Å². The first kappa shape index (κ1) is 8.89. The van der Waals surface area contributed by atoms with E-state index in [4.69, 9.17) is 0 Å². The Morgan fingerprint density at radius 3 is 1.00 bits per heavy atom. The summed E-state index contributed by atoms with van der Waals surface area (Å²) in [5.41, 5.74) is 0. The highest BCUT2D eigenvalue weighted by atomic mass is 36.5. The first-order valence-corrected chi connectivity index (χ1v) is 2.79. The molecule has 0 saturated heterocycles. The van der Waals surface area contributed by atoms with Gasteiger partial charge in [0.2, 0.25) is 0 Å². The Bertz CT molecular complexity index is 4.00. The molecular weight excluding hydrogens is 135 g/mol. The van der Waals surface area contributed by atoms with Crippen molar-refractivity contribution in [3.8, 4) is 0 Å². The monoisotopic (exact) mass is 134 g/mol. The highest BCUT2D eigenvalue weighted by molar-refractivity contribution is 8.07. The van der Waals surface area contributed by atoms with Crippen molar-refractivity contribution in [2.24, 2.45) is 0 Å². The molecule has 0 aromatic heterocycles. The Morgan fingerprint density at radius 1 is 1.00 bits per heavy atom. The molecule has 0 atom stereocenters. The van der Waals surface area contributed by atoms with Crippen LogP contribution in [0.4, 0.5) is 0 Å². The summed E-state index contributed by atoms with van der Waals surface area (Å²) in [6, 6.07) is 0. The average molecular weight is 135 g/mol. The normalized spacial score (nSPS) is 2.50. The lowest BCUT2D eigenvalue weighted by Crippen LogP contribution is -0.710. The van der Waals surface area contributed by atoms with Crippen molar-refractivity contribution in [1.82, 2.24) is 0 Å². The van der Waals surface area contributed by atoms with Crippen LogP contribution >= 0.6 is 21.7 Å². The number of hydrogen-bond donors (Lipinski definition) is 0. The fourth-order valence-electron chi connectivity index (χ4n) is 0. The van der Waals surface area contributed by atoms with Gasteiger partial charge in [0.15, 0.2) is 0 Å². The van der Waals surface area contributed by atoms with E-state index in [1.54, 1.807) is 0 Å². The summed E-state index contributed by atoms with van der Waals surface area (Å²) in [5.74, 6) is 0. The van der Waals surface area contributed by atoms with Crippen LogP contribution in [0.25, 0.3) is 0 Å². The predicted octanol–water partition coefficient (Wildman–Crippen LogP) is 1.37. The maximum absolute atomic E-state index is 4.11. The van der Waals surface area contributed by atoms with Crippen LogP contribution in [0.2, 0.25) is 0 Å². The van der Waals surface area contributed by atoms with Crippen LogP contribution in [0.5, 0.6) is 0 Å². The van der Waals surface area contributed by atoms with Crippen LogP contribution in [0, 0.1) is 0 Å². The van der Waals surface area contributed by atoms with Gasteiger partial charge in [-0.15, -0.1) is 0 Å². The van der Waals surface area contributed by atoms with Crippen LogP contribution in [0.15, 0.2) is 0 Å². The summed E-state index contributed by atoms with van der Waals surface area (Å²) in [7, 11) is 8.22. The van der Waals surface area contributed by atoms with E-state index < -0.39 is 0 Å². The largest absolute Gasteiger partial charge is 0 e. The number of hydrogen-bond acceptors (Lipinski definition) is 2. The zero-order valence-electron chi connectivity index (χ0n) is 1.57. The molecule has 4 heavy (non-hydrogen) atoms. The Labute approximate surface area is 44.3 Å². The lowest BCUT2D eigenvalue weighted by Gasteiger charge is -1.00. The van der Waals surface area contributed by atoms with Gasteiger partial charge in [0, 0.05) is 44.1 Å². The molecule has 0 aliphatic carbocycles. The van der Waals surface area contributed by atoms with E-state index in [2.05, 4.69) is 44.1 Å². The van der Waals surface area contributed by atoms with E-state index in [9.17, 15) is 0 Å². The molecule has 0 N–H and O–H groups in total. The van der Waals surface area contributed by atoms with Gasteiger partial charge >= 0.3 is 0 Å². The maximum atomic E-state index is 4.11. The van der Waals surface area contributed by atoms with Crippen molar-refractivity contribution in [3.63, 3.8) is 0 Å². The summed E-state index contributed by atoms with van der Waals surface area (Å²) in [4.78, 5) is 0. The predicted molar refractivity (Wildman–Crippen MR) is 26.4 cm³/mol.